The SMILES string of the molecule is CCOc1ccc(N=C2S[C@H](C(=O)Nc3cccc(C(=O)O)c3)CC(=O)N2CC)cc1. The summed E-state index contributed by atoms with van der Waals surface area (Å²) in [4.78, 5) is 42.7. The van der Waals surface area contributed by atoms with Crippen molar-refractivity contribution in [2.45, 2.75) is 25.5 Å². The van der Waals surface area contributed by atoms with Crippen LogP contribution in [0.15, 0.2) is 53.5 Å². The fourth-order valence-corrected chi connectivity index (χ4v) is 4.16. The minimum atomic E-state index is -1.08. The number of rotatable bonds is 7. The molecule has 2 aromatic carbocycles. The summed E-state index contributed by atoms with van der Waals surface area (Å²) in [6.07, 6.45) is 0.0330. The molecule has 1 fully saturated rings. The average Bonchev–Trinajstić information content (AvgIpc) is 2.75. The van der Waals surface area contributed by atoms with E-state index in [2.05, 4.69) is 10.3 Å². The highest BCUT2D eigenvalue weighted by atomic mass is 32.2. The van der Waals surface area contributed by atoms with Crippen molar-refractivity contribution in [3.8, 4) is 5.75 Å². The third-order valence-corrected chi connectivity index (χ3v) is 5.69. The molecule has 8 nitrogen and oxygen atoms in total. The first-order valence-electron chi connectivity index (χ1n) is 9.84. The molecule has 0 aromatic heterocycles. The van der Waals surface area contributed by atoms with Crippen LogP contribution in [0.5, 0.6) is 5.75 Å². The largest absolute Gasteiger partial charge is 0.494 e. The number of amidine groups is 1. The first-order valence-corrected chi connectivity index (χ1v) is 10.7. The number of carbonyl (C=O) groups excluding carboxylic acids is 2. The van der Waals surface area contributed by atoms with Crippen molar-refractivity contribution in [1.82, 2.24) is 4.90 Å². The number of carboxylic acids is 1. The number of hydrogen-bond acceptors (Lipinski definition) is 6. The van der Waals surface area contributed by atoms with Crippen LogP contribution in [0.2, 0.25) is 0 Å². The molecular weight excluding hydrogens is 418 g/mol. The number of carboxylic acid groups (broad SMARTS) is 1. The molecule has 0 saturated carbocycles. The fraction of sp³-hybridized carbons (Fsp3) is 0.273. The molecule has 2 N–H and O–H groups in total. The minimum Gasteiger partial charge on any atom is -0.494 e. The molecule has 0 unspecified atom stereocenters. The Morgan fingerprint density at radius 3 is 2.61 bits per heavy atom. The Morgan fingerprint density at radius 1 is 1.23 bits per heavy atom. The normalized spacial score (nSPS) is 17.5. The van der Waals surface area contributed by atoms with Crippen molar-refractivity contribution < 1.29 is 24.2 Å². The third-order valence-electron chi connectivity index (χ3n) is 4.50. The van der Waals surface area contributed by atoms with E-state index >= 15 is 0 Å². The molecule has 9 heteroatoms. The van der Waals surface area contributed by atoms with E-state index in [0.29, 0.717) is 29.7 Å². The molecule has 0 aliphatic carbocycles. The average molecular weight is 442 g/mol. The van der Waals surface area contributed by atoms with Gasteiger partial charge in [0.05, 0.1) is 17.9 Å². The second-order valence-electron chi connectivity index (χ2n) is 6.65. The maximum atomic E-state index is 12.8. The van der Waals surface area contributed by atoms with Crippen molar-refractivity contribution in [2.75, 3.05) is 18.5 Å². The number of ether oxygens (including phenoxy) is 1. The molecule has 162 valence electrons. The standard InChI is InChI=1S/C22H23N3O5S/c1-3-25-19(26)13-18(20(27)23-16-7-5-6-14(12-16)21(28)29)31-22(25)24-15-8-10-17(11-9-15)30-4-2/h5-12,18H,3-4,13H2,1-2H3,(H,23,27)(H,28,29)/t18-/m0/s1. The maximum Gasteiger partial charge on any atom is 0.335 e. The van der Waals surface area contributed by atoms with Gasteiger partial charge >= 0.3 is 5.97 Å². The highest BCUT2D eigenvalue weighted by Gasteiger charge is 2.35. The molecule has 1 saturated heterocycles. The zero-order chi connectivity index (χ0) is 22.4. The molecule has 2 aromatic rings. The van der Waals surface area contributed by atoms with Crippen LogP contribution in [0, 0.1) is 0 Å². The Hall–Kier alpha value is -3.33. The van der Waals surface area contributed by atoms with Crippen LogP contribution in [0.1, 0.15) is 30.6 Å². The zero-order valence-corrected chi connectivity index (χ0v) is 18.0. The quantitative estimate of drug-likeness (QED) is 0.677. The van der Waals surface area contributed by atoms with Gasteiger partial charge in [-0.3, -0.25) is 14.5 Å². The van der Waals surface area contributed by atoms with E-state index in [0.717, 1.165) is 5.75 Å². The van der Waals surface area contributed by atoms with Gasteiger partial charge in [0.1, 0.15) is 11.0 Å². The molecule has 0 bridgehead atoms. The molecule has 31 heavy (non-hydrogen) atoms. The van der Waals surface area contributed by atoms with Crippen molar-refractivity contribution in [3.05, 3.63) is 54.1 Å². The van der Waals surface area contributed by atoms with Gasteiger partial charge in [-0.15, -0.1) is 0 Å². The Labute approximate surface area is 184 Å². The summed E-state index contributed by atoms with van der Waals surface area (Å²) in [5, 5.41) is 11.6. The number of benzene rings is 2. The summed E-state index contributed by atoms with van der Waals surface area (Å²) in [5.41, 5.74) is 1.08. The smallest absolute Gasteiger partial charge is 0.335 e. The monoisotopic (exact) mass is 441 g/mol. The first-order chi connectivity index (χ1) is 14.9. The van der Waals surface area contributed by atoms with Crippen LogP contribution in [0.3, 0.4) is 0 Å². The summed E-state index contributed by atoms with van der Waals surface area (Å²) in [6.45, 7) is 4.76. The number of nitrogens with zero attached hydrogens (tertiary/aromatic N) is 2. The van der Waals surface area contributed by atoms with Crippen LogP contribution in [0.4, 0.5) is 11.4 Å². The summed E-state index contributed by atoms with van der Waals surface area (Å²) in [7, 11) is 0. The van der Waals surface area contributed by atoms with Crippen molar-refractivity contribution in [1.29, 1.82) is 0 Å². The number of carbonyl (C=O) groups is 3. The van der Waals surface area contributed by atoms with E-state index in [1.807, 2.05) is 13.8 Å². The van der Waals surface area contributed by atoms with E-state index in [9.17, 15) is 14.4 Å². The number of amides is 2. The number of anilines is 1. The topological polar surface area (TPSA) is 108 Å². The number of hydrogen-bond donors (Lipinski definition) is 2. The molecule has 3 rings (SSSR count). The number of aliphatic imine (C=N–C) groups is 1. The molecule has 1 aliphatic heterocycles. The van der Waals surface area contributed by atoms with Gasteiger partial charge in [0.2, 0.25) is 11.8 Å². The van der Waals surface area contributed by atoms with Crippen molar-refractivity contribution >= 4 is 46.1 Å². The highest BCUT2D eigenvalue weighted by molar-refractivity contribution is 8.15. The molecule has 1 heterocycles. The first kappa shape index (κ1) is 22.4. The van der Waals surface area contributed by atoms with Crippen molar-refractivity contribution in [3.63, 3.8) is 0 Å². The van der Waals surface area contributed by atoms with Gasteiger partial charge in [0, 0.05) is 18.7 Å². The summed E-state index contributed by atoms with van der Waals surface area (Å²) in [5.74, 6) is -0.921. The summed E-state index contributed by atoms with van der Waals surface area (Å²) in [6, 6.07) is 13.2. The van der Waals surface area contributed by atoms with E-state index in [1.54, 1.807) is 41.3 Å². The highest BCUT2D eigenvalue weighted by Crippen LogP contribution is 2.30. The van der Waals surface area contributed by atoms with E-state index < -0.39 is 11.2 Å². The van der Waals surface area contributed by atoms with Gasteiger partial charge in [0.15, 0.2) is 5.17 Å². The van der Waals surface area contributed by atoms with Crippen molar-refractivity contribution in [2.24, 2.45) is 4.99 Å². The minimum absolute atomic E-state index is 0.0330. The Bertz CT molecular complexity index is 1010. The Balaban J connectivity index is 1.78. The van der Waals surface area contributed by atoms with E-state index in [-0.39, 0.29) is 23.8 Å². The van der Waals surface area contributed by atoms with Gasteiger partial charge in [-0.2, -0.15) is 0 Å². The molecule has 0 spiro atoms. The van der Waals surface area contributed by atoms with Crippen LogP contribution in [0.25, 0.3) is 0 Å². The second-order valence-corrected chi connectivity index (χ2v) is 7.82. The molecule has 0 radical (unpaired) electrons. The zero-order valence-electron chi connectivity index (χ0n) is 17.2. The predicted molar refractivity (Wildman–Crippen MR) is 120 cm³/mol. The lowest BCUT2D eigenvalue weighted by atomic mass is 10.2. The maximum absolute atomic E-state index is 12.8. The number of thioether (sulfide) groups is 1. The lowest BCUT2D eigenvalue weighted by molar-refractivity contribution is -0.129. The van der Waals surface area contributed by atoms with E-state index in [4.69, 9.17) is 9.84 Å². The lowest BCUT2D eigenvalue weighted by Crippen LogP contribution is -2.45. The van der Waals surface area contributed by atoms with E-state index in [1.165, 1.54) is 23.9 Å². The third kappa shape index (κ3) is 5.64. The van der Waals surface area contributed by atoms with Gasteiger partial charge in [0.25, 0.3) is 0 Å². The molecular formula is C22H23N3O5S. The summed E-state index contributed by atoms with van der Waals surface area (Å²) < 4.78 is 5.43. The van der Waals surface area contributed by atoms with Crippen LogP contribution >= 0.6 is 11.8 Å². The Morgan fingerprint density at radius 2 is 1.97 bits per heavy atom. The Kier molecular flexibility index (Phi) is 7.30. The molecule has 1 atom stereocenters. The number of aromatic carboxylic acids is 1. The predicted octanol–water partition coefficient (Wildman–Crippen LogP) is 3.76. The lowest BCUT2D eigenvalue weighted by Gasteiger charge is -2.30. The fourth-order valence-electron chi connectivity index (χ4n) is 3.00. The molecule has 2 amide bonds. The van der Waals surface area contributed by atoms with Gasteiger partial charge < -0.3 is 15.2 Å². The van der Waals surface area contributed by atoms with Gasteiger partial charge in [-0.25, -0.2) is 9.79 Å². The van der Waals surface area contributed by atoms with Crippen LogP contribution < -0.4 is 10.1 Å². The number of nitrogens with one attached hydrogen (secondary N) is 1. The van der Waals surface area contributed by atoms with Gasteiger partial charge in [-0.1, -0.05) is 17.8 Å². The van der Waals surface area contributed by atoms with Crippen LogP contribution in [-0.4, -0.2) is 51.4 Å². The second kappa shape index (κ2) is 10.1. The van der Waals surface area contributed by atoms with Crippen LogP contribution in [-0.2, 0) is 9.59 Å². The summed E-state index contributed by atoms with van der Waals surface area (Å²) >= 11 is 1.21. The van der Waals surface area contributed by atoms with Gasteiger partial charge in [-0.05, 0) is 56.3 Å². The molecule has 1 aliphatic rings.